The maximum absolute atomic E-state index is 12.2. The number of hydrogen-bond donors (Lipinski definition) is 1. The second-order valence-electron chi connectivity index (χ2n) is 6.94. The normalized spacial score (nSPS) is 25.4. The highest BCUT2D eigenvalue weighted by Gasteiger charge is 2.33. The number of carbonyl (C=O) groups is 1. The molecule has 2 atom stereocenters. The summed E-state index contributed by atoms with van der Waals surface area (Å²) in [5, 5.41) is 3.53. The molecular weight excluding hydrogens is 256 g/mol. The van der Waals surface area contributed by atoms with Gasteiger partial charge in [-0.15, -0.1) is 0 Å². The first-order valence-electron chi connectivity index (χ1n) is 7.67. The van der Waals surface area contributed by atoms with Gasteiger partial charge in [0.15, 0.2) is 0 Å². The molecule has 2 rings (SSSR count). The number of hydrogen-bond acceptors (Lipinski definition) is 4. The van der Waals surface area contributed by atoms with Crippen LogP contribution < -0.4 is 5.32 Å². The van der Waals surface area contributed by atoms with E-state index in [1.807, 2.05) is 20.8 Å². The van der Waals surface area contributed by atoms with Crippen LogP contribution in [0.5, 0.6) is 0 Å². The lowest BCUT2D eigenvalue weighted by Crippen LogP contribution is -2.55. The summed E-state index contributed by atoms with van der Waals surface area (Å²) in [5.41, 5.74) is -0.450. The molecule has 0 radical (unpaired) electrons. The zero-order chi connectivity index (χ0) is 14.8. The van der Waals surface area contributed by atoms with Crippen LogP contribution in [-0.2, 0) is 9.47 Å². The Balaban J connectivity index is 1.85. The van der Waals surface area contributed by atoms with E-state index in [0.717, 1.165) is 12.5 Å². The standard InChI is InChI=1S/C15H28N2O3/c1-11(12-5-6-12)16-9-13-10-19-8-7-17(13)14(18)20-15(2,3)4/h11-13,16H,5-10H2,1-4H3. The zero-order valence-electron chi connectivity index (χ0n) is 13.1. The Labute approximate surface area is 122 Å². The molecule has 0 aromatic heterocycles. The Hall–Kier alpha value is -0.810. The van der Waals surface area contributed by atoms with Crippen LogP contribution in [0.4, 0.5) is 4.79 Å². The molecule has 1 saturated heterocycles. The van der Waals surface area contributed by atoms with E-state index in [9.17, 15) is 4.79 Å². The van der Waals surface area contributed by atoms with Crippen molar-refractivity contribution in [3.8, 4) is 0 Å². The molecule has 0 aromatic carbocycles. The molecule has 1 aliphatic heterocycles. The molecule has 1 heterocycles. The second-order valence-corrected chi connectivity index (χ2v) is 6.94. The summed E-state index contributed by atoms with van der Waals surface area (Å²) >= 11 is 0. The topological polar surface area (TPSA) is 50.8 Å². The Morgan fingerprint density at radius 3 is 2.75 bits per heavy atom. The van der Waals surface area contributed by atoms with Crippen LogP contribution in [0, 0.1) is 5.92 Å². The first-order valence-corrected chi connectivity index (χ1v) is 7.67. The van der Waals surface area contributed by atoms with Crippen LogP contribution in [0.25, 0.3) is 0 Å². The third kappa shape index (κ3) is 4.63. The minimum atomic E-state index is -0.450. The maximum atomic E-state index is 12.2. The number of nitrogens with one attached hydrogen (secondary N) is 1. The molecule has 1 N–H and O–H groups in total. The van der Waals surface area contributed by atoms with Crippen molar-refractivity contribution in [1.82, 2.24) is 10.2 Å². The maximum Gasteiger partial charge on any atom is 0.410 e. The summed E-state index contributed by atoms with van der Waals surface area (Å²) in [5.74, 6) is 0.814. The molecule has 5 heteroatoms. The number of rotatable bonds is 4. The number of nitrogens with zero attached hydrogens (tertiary/aromatic N) is 1. The van der Waals surface area contributed by atoms with Gasteiger partial charge in [-0.25, -0.2) is 4.79 Å². The average molecular weight is 284 g/mol. The molecule has 116 valence electrons. The van der Waals surface area contributed by atoms with Crippen LogP contribution in [0.3, 0.4) is 0 Å². The van der Waals surface area contributed by atoms with Crippen molar-refractivity contribution >= 4 is 6.09 Å². The summed E-state index contributed by atoms with van der Waals surface area (Å²) in [6.07, 6.45) is 2.42. The molecular formula is C15H28N2O3. The third-order valence-electron chi connectivity index (χ3n) is 3.86. The Morgan fingerprint density at radius 1 is 1.45 bits per heavy atom. The van der Waals surface area contributed by atoms with Gasteiger partial charge in [0.2, 0.25) is 0 Å². The smallest absolute Gasteiger partial charge is 0.410 e. The first-order chi connectivity index (χ1) is 9.37. The molecule has 0 bridgehead atoms. The number of amides is 1. The molecule has 0 aromatic rings. The lowest BCUT2D eigenvalue weighted by atomic mass is 10.1. The predicted octanol–water partition coefficient (Wildman–Crippen LogP) is 2.01. The van der Waals surface area contributed by atoms with E-state index in [1.54, 1.807) is 4.90 Å². The van der Waals surface area contributed by atoms with Gasteiger partial charge in [-0.2, -0.15) is 0 Å². The highest BCUT2D eigenvalue weighted by atomic mass is 16.6. The summed E-state index contributed by atoms with van der Waals surface area (Å²) in [7, 11) is 0. The van der Waals surface area contributed by atoms with E-state index in [4.69, 9.17) is 9.47 Å². The summed E-state index contributed by atoms with van der Waals surface area (Å²) in [6, 6.07) is 0.595. The third-order valence-corrected chi connectivity index (χ3v) is 3.86. The van der Waals surface area contributed by atoms with Gasteiger partial charge in [0, 0.05) is 19.1 Å². The zero-order valence-corrected chi connectivity index (χ0v) is 13.1. The molecule has 1 aliphatic carbocycles. The monoisotopic (exact) mass is 284 g/mol. The van der Waals surface area contributed by atoms with E-state index in [-0.39, 0.29) is 12.1 Å². The minimum absolute atomic E-state index is 0.0693. The molecule has 0 spiro atoms. The summed E-state index contributed by atoms with van der Waals surface area (Å²) in [6.45, 7) is 10.5. The van der Waals surface area contributed by atoms with E-state index in [0.29, 0.717) is 25.8 Å². The van der Waals surface area contributed by atoms with E-state index in [1.165, 1.54) is 12.8 Å². The van der Waals surface area contributed by atoms with Gasteiger partial charge in [0.1, 0.15) is 5.60 Å². The van der Waals surface area contributed by atoms with Crippen LogP contribution in [0.1, 0.15) is 40.5 Å². The van der Waals surface area contributed by atoms with Crippen molar-refractivity contribution in [3.05, 3.63) is 0 Å². The minimum Gasteiger partial charge on any atom is -0.444 e. The van der Waals surface area contributed by atoms with Gasteiger partial charge in [0.05, 0.1) is 19.3 Å². The quantitative estimate of drug-likeness (QED) is 0.858. The van der Waals surface area contributed by atoms with Crippen LogP contribution in [-0.4, -0.2) is 55.0 Å². The lowest BCUT2D eigenvalue weighted by molar-refractivity contribution is -0.0322. The van der Waals surface area contributed by atoms with Crippen LogP contribution in [0.15, 0.2) is 0 Å². The second kappa shape index (κ2) is 6.31. The lowest BCUT2D eigenvalue weighted by Gasteiger charge is -2.37. The average Bonchev–Trinajstić information content (AvgIpc) is 3.18. The van der Waals surface area contributed by atoms with Gasteiger partial charge in [-0.1, -0.05) is 0 Å². The van der Waals surface area contributed by atoms with Crippen molar-refractivity contribution in [3.63, 3.8) is 0 Å². The molecule has 5 nitrogen and oxygen atoms in total. The van der Waals surface area contributed by atoms with E-state index in [2.05, 4.69) is 12.2 Å². The van der Waals surface area contributed by atoms with Crippen molar-refractivity contribution in [2.24, 2.45) is 5.92 Å². The van der Waals surface area contributed by atoms with Gasteiger partial charge in [-0.3, -0.25) is 4.90 Å². The number of carbonyl (C=O) groups excluding carboxylic acids is 1. The largest absolute Gasteiger partial charge is 0.444 e. The van der Waals surface area contributed by atoms with Gasteiger partial charge >= 0.3 is 6.09 Å². The van der Waals surface area contributed by atoms with Gasteiger partial charge < -0.3 is 14.8 Å². The first kappa shape index (κ1) is 15.6. The van der Waals surface area contributed by atoms with Gasteiger partial charge in [0.25, 0.3) is 0 Å². The fourth-order valence-corrected chi connectivity index (χ4v) is 2.47. The Kier molecular flexibility index (Phi) is 4.91. The molecule has 1 amide bonds. The number of morpholine rings is 1. The SMILES string of the molecule is CC(NCC1COCCN1C(=O)OC(C)(C)C)C1CC1. The van der Waals surface area contributed by atoms with Crippen molar-refractivity contribution < 1.29 is 14.3 Å². The molecule has 20 heavy (non-hydrogen) atoms. The van der Waals surface area contributed by atoms with Crippen LogP contribution >= 0.6 is 0 Å². The van der Waals surface area contributed by atoms with Crippen LogP contribution in [0.2, 0.25) is 0 Å². The van der Waals surface area contributed by atoms with E-state index >= 15 is 0 Å². The summed E-state index contributed by atoms with van der Waals surface area (Å²) < 4.78 is 11.0. The highest BCUT2D eigenvalue weighted by molar-refractivity contribution is 5.68. The van der Waals surface area contributed by atoms with Crippen molar-refractivity contribution in [1.29, 1.82) is 0 Å². The summed E-state index contributed by atoms with van der Waals surface area (Å²) in [4.78, 5) is 14.0. The Morgan fingerprint density at radius 2 is 2.15 bits per heavy atom. The fourth-order valence-electron chi connectivity index (χ4n) is 2.47. The fraction of sp³-hybridized carbons (Fsp3) is 0.933. The van der Waals surface area contributed by atoms with E-state index < -0.39 is 5.60 Å². The molecule has 2 fully saturated rings. The van der Waals surface area contributed by atoms with Gasteiger partial charge in [-0.05, 0) is 46.5 Å². The van der Waals surface area contributed by atoms with Crippen molar-refractivity contribution in [2.75, 3.05) is 26.3 Å². The predicted molar refractivity (Wildman–Crippen MR) is 77.7 cm³/mol. The molecule has 2 unspecified atom stereocenters. The highest BCUT2D eigenvalue weighted by Crippen LogP contribution is 2.32. The molecule has 1 saturated carbocycles. The molecule has 2 aliphatic rings. The van der Waals surface area contributed by atoms with Crippen molar-refractivity contribution in [2.45, 2.75) is 58.2 Å². The Bertz CT molecular complexity index is 337. The number of ether oxygens (including phenoxy) is 2.